The molecule has 1 aromatic heterocycles. The number of aromatic nitrogens is 2. The molecule has 7 nitrogen and oxygen atoms in total. The molecule has 2 heterocycles. The summed E-state index contributed by atoms with van der Waals surface area (Å²) < 4.78 is 69.4. The first-order valence-corrected chi connectivity index (χ1v) is 12.1. The SMILES string of the molecule is Cc1cc(C)n(-c2ccc(NC(=O)C3CCN(S(=O)(=O)c4ccc(F)c(F)c4)CC3)cc2F)n1. The van der Waals surface area contributed by atoms with Crippen LogP contribution in [-0.2, 0) is 14.8 Å². The molecule has 11 heteroatoms. The fourth-order valence-electron chi connectivity index (χ4n) is 4.02. The Morgan fingerprint density at radius 1 is 0.971 bits per heavy atom. The van der Waals surface area contributed by atoms with E-state index in [-0.39, 0.29) is 48.1 Å². The number of hydrogen-bond acceptors (Lipinski definition) is 4. The van der Waals surface area contributed by atoms with Crippen molar-refractivity contribution in [2.24, 2.45) is 5.92 Å². The predicted octanol–water partition coefficient (Wildman–Crippen LogP) is 3.95. The Morgan fingerprint density at radius 3 is 2.26 bits per heavy atom. The van der Waals surface area contributed by atoms with Gasteiger partial charge in [0.25, 0.3) is 0 Å². The minimum Gasteiger partial charge on any atom is -0.326 e. The first kappa shape index (κ1) is 24.0. The number of amides is 1. The number of sulfonamides is 1. The molecule has 1 N–H and O–H groups in total. The Bertz CT molecular complexity index is 1350. The summed E-state index contributed by atoms with van der Waals surface area (Å²) in [6.07, 6.45) is 0.474. The van der Waals surface area contributed by atoms with Crippen molar-refractivity contribution < 1.29 is 26.4 Å². The van der Waals surface area contributed by atoms with E-state index in [1.54, 1.807) is 6.07 Å². The van der Waals surface area contributed by atoms with Gasteiger partial charge in [-0.15, -0.1) is 0 Å². The van der Waals surface area contributed by atoms with Crippen molar-refractivity contribution in [2.45, 2.75) is 31.6 Å². The van der Waals surface area contributed by atoms with Crippen LogP contribution < -0.4 is 5.32 Å². The molecule has 1 aliphatic heterocycles. The van der Waals surface area contributed by atoms with E-state index in [1.165, 1.54) is 16.8 Å². The fraction of sp³-hybridized carbons (Fsp3) is 0.304. The van der Waals surface area contributed by atoms with Crippen LogP contribution in [0.3, 0.4) is 0 Å². The second-order valence-electron chi connectivity index (χ2n) is 8.25. The van der Waals surface area contributed by atoms with Gasteiger partial charge in [0, 0.05) is 30.4 Å². The Hall–Kier alpha value is -3.18. The molecule has 3 aromatic rings. The van der Waals surface area contributed by atoms with Gasteiger partial charge in [-0.25, -0.2) is 26.3 Å². The largest absolute Gasteiger partial charge is 0.326 e. The van der Waals surface area contributed by atoms with E-state index < -0.39 is 33.4 Å². The Kier molecular flexibility index (Phi) is 6.50. The molecule has 0 atom stereocenters. The molecule has 2 aromatic carbocycles. The van der Waals surface area contributed by atoms with Crippen LogP contribution in [0.15, 0.2) is 47.4 Å². The van der Waals surface area contributed by atoms with Crippen molar-refractivity contribution in [3.8, 4) is 5.69 Å². The van der Waals surface area contributed by atoms with Crippen LogP contribution in [0.5, 0.6) is 0 Å². The third kappa shape index (κ3) is 4.71. The molecule has 0 spiro atoms. The van der Waals surface area contributed by atoms with Gasteiger partial charge >= 0.3 is 0 Å². The highest BCUT2D eigenvalue weighted by atomic mass is 32.2. The first-order chi connectivity index (χ1) is 16.1. The topological polar surface area (TPSA) is 84.3 Å². The normalized spacial score (nSPS) is 15.4. The van der Waals surface area contributed by atoms with Gasteiger partial charge in [-0.3, -0.25) is 4.79 Å². The summed E-state index contributed by atoms with van der Waals surface area (Å²) in [5.41, 5.74) is 2.08. The molecule has 1 fully saturated rings. The first-order valence-electron chi connectivity index (χ1n) is 10.7. The zero-order valence-electron chi connectivity index (χ0n) is 18.6. The lowest BCUT2D eigenvalue weighted by atomic mass is 9.97. The second-order valence-corrected chi connectivity index (χ2v) is 10.2. The summed E-state index contributed by atoms with van der Waals surface area (Å²) >= 11 is 0. The smallest absolute Gasteiger partial charge is 0.243 e. The number of carbonyl (C=O) groups is 1. The van der Waals surface area contributed by atoms with Gasteiger partial charge in [0.2, 0.25) is 15.9 Å². The van der Waals surface area contributed by atoms with E-state index >= 15 is 0 Å². The van der Waals surface area contributed by atoms with Crippen molar-refractivity contribution >= 4 is 21.6 Å². The van der Waals surface area contributed by atoms with Crippen molar-refractivity contribution in [3.05, 3.63) is 71.3 Å². The molecule has 34 heavy (non-hydrogen) atoms. The molecule has 0 aliphatic carbocycles. The average molecular weight is 493 g/mol. The molecule has 1 saturated heterocycles. The van der Waals surface area contributed by atoms with Gasteiger partial charge in [0.1, 0.15) is 5.69 Å². The minimum atomic E-state index is -4.01. The average Bonchev–Trinajstić information content (AvgIpc) is 3.13. The summed E-state index contributed by atoms with van der Waals surface area (Å²) in [6, 6.07) is 8.57. The third-order valence-corrected chi connectivity index (χ3v) is 7.70. The number of piperidine rings is 1. The fourth-order valence-corrected chi connectivity index (χ4v) is 5.50. The number of anilines is 1. The zero-order chi connectivity index (χ0) is 24.6. The van der Waals surface area contributed by atoms with Crippen LogP contribution >= 0.6 is 0 Å². The number of nitrogens with zero attached hydrogens (tertiary/aromatic N) is 3. The van der Waals surface area contributed by atoms with Gasteiger partial charge in [0.15, 0.2) is 17.5 Å². The third-order valence-electron chi connectivity index (χ3n) is 5.81. The lowest BCUT2D eigenvalue weighted by Crippen LogP contribution is -2.41. The standard InChI is InChI=1S/C23H23F3N4O3S/c1-14-11-15(2)30(28-14)22-6-3-17(12-21(22)26)27-23(31)16-7-9-29(10-8-16)34(32,33)18-4-5-19(24)20(25)13-18/h3-6,11-13,16H,7-10H2,1-2H3,(H,27,31). The monoisotopic (exact) mass is 492 g/mol. The summed E-state index contributed by atoms with van der Waals surface area (Å²) in [4.78, 5) is 12.3. The van der Waals surface area contributed by atoms with E-state index in [0.717, 1.165) is 27.8 Å². The van der Waals surface area contributed by atoms with Crippen LogP contribution in [-0.4, -0.2) is 41.5 Å². The zero-order valence-corrected chi connectivity index (χ0v) is 19.4. The quantitative estimate of drug-likeness (QED) is 0.585. The molecule has 180 valence electrons. The van der Waals surface area contributed by atoms with E-state index in [2.05, 4.69) is 10.4 Å². The Labute approximate surface area is 195 Å². The number of aryl methyl sites for hydroxylation is 2. The molecular formula is C23H23F3N4O3S. The van der Waals surface area contributed by atoms with E-state index in [9.17, 15) is 26.4 Å². The number of halogens is 3. The van der Waals surface area contributed by atoms with Crippen molar-refractivity contribution in [2.75, 3.05) is 18.4 Å². The summed E-state index contributed by atoms with van der Waals surface area (Å²) in [5.74, 6) is -3.74. The lowest BCUT2D eigenvalue weighted by molar-refractivity contribution is -0.120. The lowest BCUT2D eigenvalue weighted by Gasteiger charge is -2.30. The maximum absolute atomic E-state index is 14.7. The minimum absolute atomic E-state index is 0.0463. The van der Waals surface area contributed by atoms with Crippen LogP contribution in [0.4, 0.5) is 18.9 Å². The van der Waals surface area contributed by atoms with Gasteiger partial charge in [-0.2, -0.15) is 9.40 Å². The van der Waals surface area contributed by atoms with Crippen molar-refractivity contribution in [1.82, 2.24) is 14.1 Å². The highest BCUT2D eigenvalue weighted by molar-refractivity contribution is 7.89. The number of rotatable bonds is 5. The second kappa shape index (κ2) is 9.22. The summed E-state index contributed by atoms with van der Waals surface area (Å²) in [7, 11) is -4.01. The molecular weight excluding hydrogens is 469 g/mol. The Morgan fingerprint density at radius 2 is 1.68 bits per heavy atom. The predicted molar refractivity (Wildman–Crippen MR) is 119 cm³/mol. The molecule has 1 amide bonds. The summed E-state index contributed by atoms with van der Waals surface area (Å²) in [5, 5.41) is 6.94. The Balaban J connectivity index is 1.39. The molecule has 0 radical (unpaired) electrons. The maximum atomic E-state index is 14.7. The van der Waals surface area contributed by atoms with Crippen LogP contribution in [0.1, 0.15) is 24.2 Å². The van der Waals surface area contributed by atoms with Gasteiger partial charge in [0.05, 0.1) is 10.6 Å². The highest BCUT2D eigenvalue weighted by Crippen LogP contribution is 2.26. The van der Waals surface area contributed by atoms with E-state index in [1.807, 2.05) is 19.9 Å². The van der Waals surface area contributed by atoms with Gasteiger partial charge in [-0.1, -0.05) is 0 Å². The van der Waals surface area contributed by atoms with E-state index in [0.29, 0.717) is 6.07 Å². The molecule has 0 saturated carbocycles. The van der Waals surface area contributed by atoms with Gasteiger partial charge in [-0.05, 0) is 69.2 Å². The maximum Gasteiger partial charge on any atom is 0.243 e. The van der Waals surface area contributed by atoms with E-state index in [4.69, 9.17) is 0 Å². The number of nitrogens with one attached hydrogen (secondary N) is 1. The molecule has 1 aliphatic rings. The highest BCUT2D eigenvalue weighted by Gasteiger charge is 2.32. The van der Waals surface area contributed by atoms with Crippen molar-refractivity contribution in [1.29, 1.82) is 0 Å². The molecule has 0 bridgehead atoms. The van der Waals surface area contributed by atoms with Crippen molar-refractivity contribution in [3.63, 3.8) is 0 Å². The number of hydrogen-bond donors (Lipinski definition) is 1. The van der Waals surface area contributed by atoms with Crippen LogP contribution in [0.2, 0.25) is 0 Å². The summed E-state index contributed by atoms with van der Waals surface area (Å²) in [6.45, 7) is 3.72. The molecule has 4 rings (SSSR count). The van der Waals surface area contributed by atoms with Gasteiger partial charge < -0.3 is 5.32 Å². The number of benzene rings is 2. The number of carbonyl (C=O) groups excluding carboxylic acids is 1. The molecule has 0 unspecified atom stereocenters. The van der Waals surface area contributed by atoms with Crippen LogP contribution in [0, 0.1) is 37.2 Å². The van der Waals surface area contributed by atoms with Crippen LogP contribution in [0.25, 0.3) is 5.69 Å².